The molecule has 0 aliphatic heterocycles. The fraction of sp³-hybridized carbons (Fsp3) is 0.190. The summed E-state index contributed by atoms with van der Waals surface area (Å²) in [5.74, 6) is 0.332. The zero-order valence-corrected chi connectivity index (χ0v) is 17.9. The smallest absolute Gasteiger partial charge is 0.258 e. The molecular weight excluding hydrogens is 442 g/mol. The van der Waals surface area contributed by atoms with E-state index in [0.29, 0.717) is 5.75 Å². The van der Waals surface area contributed by atoms with Crippen LogP contribution in [0, 0.1) is 0 Å². The largest absolute Gasteiger partial charge is 0.483 e. The van der Waals surface area contributed by atoms with Gasteiger partial charge in [0.15, 0.2) is 16.4 Å². The highest BCUT2D eigenvalue weighted by Crippen LogP contribution is 2.33. The average Bonchev–Trinajstić information content (AvgIpc) is 2.67. The molecule has 0 unspecified atom stereocenters. The van der Waals surface area contributed by atoms with Gasteiger partial charge in [-0.05, 0) is 57.4 Å². The van der Waals surface area contributed by atoms with Crippen LogP contribution in [0.15, 0.2) is 70.0 Å². The number of carbonyl (C=O) groups excluding carboxylic acids is 1. The van der Waals surface area contributed by atoms with Crippen molar-refractivity contribution in [3.8, 4) is 5.75 Å². The van der Waals surface area contributed by atoms with Crippen molar-refractivity contribution in [2.45, 2.75) is 17.9 Å². The maximum atomic E-state index is 12.3. The SMILES string of the molecule is C[C@H](NC(=O)COc1ccc2ccccc2c1Br)c1ccc(S(C)(=O)=O)cc1. The molecule has 5 nitrogen and oxygen atoms in total. The summed E-state index contributed by atoms with van der Waals surface area (Å²) in [7, 11) is -3.24. The van der Waals surface area contributed by atoms with Crippen molar-refractivity contribution in [3.05, 3.63) is 70.7 Å². The summed E-state index contributed by atoms with van der Waals surface area (Å²) in [6.07, 6.45) is 1.16. The molecule has 0 radical (unpaired) electrons. The van der Waals surface area contributed by atoms with Crippen LogP contribution in [0.5, 0.6) is 5.75 Å². The van der Waals surface area contributed by atoms with Gasteiger partial charge in [0, 0.05) is 6.26 Å². The molecule has 3 rings (SSSR count). The van der Waals surface area contributed by atoms with Gasteiger partial charge in [0.05, 0.1) is 15.4 Å². The van der Waals surface area contributed by atoms with E-state index in [9.17, 15) is 13.2 Å². The number of sulfone groups is 1. The Morgan fingerprint density at radius 3 is 2.43 bits per heavy atom. The highest BCUT2D eigenvalue weighted by atomic mass is 79.9. The van der Waals surface area contributed by atoms with Crippen molar-refractivity contribution >= 4 is 42.4 Å². The normalized spacial score (nSPS) is 12.5. The molecule has 0 aliphatic carbocycles. The van der Waals surface area contributed by atoms with Crippen LogP contribution in [-0.2, 0) is 14.6 Å². The van der Waals surface area contributed by atoms with Crippen molar-refractivity contribution < 1.29 is 17.9 Å². The van der Waals surface area contributed by atoms with E-state index in [2.05, 4.69) is 21.2 Å². The number of rotatable bonds is 6. The molecule has 0 bridgehead atoms. The van der Waals surface area contributed by atoms with E-state index >= 15 is 0 Å². The Kier molecular flexibility index (Phi) is 6.05. The minimum atomic E-state index is -3.24. The zero-order valence-electron chi connectivity index (χ0n) is 15.5. The first-order chi connectivity index (χ1) is 13.3. The van der Waals surface area contributed by atoms with Crippen LogP contribution < -0.4 is 10.1 Å². The fourth-order valence-electron chi connectivity index (χ4n) is 2.84. The second-order valence-electron chi connectivity index (χ2n) is 6.52. The molecule has 3 aromatic carbocycles. The second kappa shape index (κ2) is 8.32. The van der Waals surface area contributed by atoms with E-state index in [-0.39, 0.29) is 23.5 Å². The molecule has 146 valence electrons. The molecule has 0 aliphatic rings. The Labute approximate surface area is 172 Å². The molecule has 0 spiro atoms. The Bertz CT molecular complexity index is 1110. The number of carbonyl (C=O) groups is 1. The Hall–Kier alpha value is -2.38. The van der Waals surface area contributed by atoms with Gasteiger partial charge in [-0.1, -0.05) is 42.5 Å². The van der Waals surface area contributed by atoms with Crippen LogP contribution in [0.25, 0.3) is 10.8 Å². The summed E-state index contributed by atoms with van der Waals surface area (Å²) in [6.45, 7) is 1.71. The highest BCUT2D eigenvalue weighted by Gasteiger charge is 2.13. The quantitative estimate of drug-likeness (QED) is 0.594. The molecule has 3 aromatic rings. The third kappa shape index (κ3) is 4.72. The van der Waals surface area contributed by atoms with E-state index in [1.165, 1.54) is 12.1 Å². The fourth-order valence-corrected chi connectivity index (χ4v) is 4.08. The number of ether oxygens (including phenoxy) is 1. The molecule has 0 saturated carbocycles. The number of hydrogen-bond acceptors (Lipinski definition) is 4. The van der Waals surface area contributed by atoms with Gasteiger partial charge >= 0.3 is 0 Å². The molecule has 0 aromatic heterocycles. The summed E-state index contributed by atoms with van der Waals surface area (Å²) in [5.41, 5.74) is 0.813. The van der Waals surface area contributed by atoms with Gasteiger partial charge in [0.2, 0.25) is 0 Å². The molecular formula is C21H20BrNO4S. The molecule has 0 heterocycles. The van der Waals surface area contributed by atoms with Crippen molar-refractivity contribution in [2.75, 3.05) is 12.9 Å². The predicted molar refractivity (Wildman–Crippen MR) is 113 cm³/mol. The molecule has 1 atom stereocenters. The summed E-state index contributed by atoms with van der Waals surface area (Å²) in [5, 5.41) is 4.95. The van der Waals surface area contributed by atoms with Crippen LogP contribution >= 0.6 is 15.9 Å². The van der Waals surface area contributed by atoms with Gasteiger partial charge < -0.3 is 10.1 Å². The van der Waals surface area contributed by atoms with Crippen molar-refractivity contribution in [3.63, 3.8) is 0 Å². The number of hydrogen-bond donors (Lipinski definition) is 1. The zero-order chi connectivity index (χ0) is 20.3. The number of halogens is 1. The third-order valence-electron chi connectivity index (χ3n) is 4.37. The highest BCUT2D eigenvalue weighted by molar-refractivity contribution is 9.10. The number of amides is 1. The van der Waals surface area contributed by atoms with Crippen LogP contribution in [0.4, 0.5) is 0 Å². The van der Waals surface area contributed by atoms with Gasteiger partial charge in [-0.2, -0.15) is 0 Å². The number of fused-ring (bicyclic) bond motifs is 1. The minimum absolute atomic E-state index is 0.122. The number of nitrogens with one attached hydrogen (secondary N) is 1. The van der Waals surface area contributed by atoms with E-state index in [1.54, 1.807) is 12.1 Å². The summed E-state index contributed by atoms with van der Waals surface area (Å²) in [4.78, 5) is 12.5. The first kappa shape index (κ1) is 20.4. The topological polar surface area (TPSA) is 72.5 Å². The second-order valence-corrected chi connectivity index (χ2v) is 9.33. The third-order valence-corrected chi connectivity index (χ3v) is 6.32. The summed E-state index contributed by atoms with van der Waals surface area (Å²) in [6, 6.07) is 17.9. The maximum absolute atomic E-state index is 12.3. The lowest BCUT2D eigenvalue weighted by Gasteiger charge is -2.16. The van der Waals surface area contributed by atoms with Crippen molar-refractivity contribution in [1.82, 2.24) is 5.32 Å². The lowest BCUT2D eigenvalue weighted by atomic mass is 10.1. The van der Waals surface area contributed by atoms with E-state index in [0.717, 1.165) is 27.1 Å². The van der Waals surface area contributed by atoms with Crippen LogP contribution in [-0.4, -0.2) is 27.2 Å². The summed E-state index contributed by atoms with van der Waals surface area (Å²) < 4.78 is 29.5. The Balaban J connectivity index is 1.62. The van der Waals surface area contributed by atoms with E-state index in [4.69, 9.17) is 4.74 Å². The first-order valence-corrected chi connectivity index (χ1v) is 11.3. The van der Waals surface area contributed by atoms with Gasteiger partial charge in [-0.3, -0.25) is 4.79 Å². The van der Waals surface area contributed by atoms with Gasteiger partial charge in [0.25, 0.3) is 5.91 Å². The van der Waals surface area contributed by atoms with Gasteiger partial charge in [-0.15, -0.1) is 0 Å². The first-order valence-electron chi connectivity index (χ1n) is 8.65. The predicted octanol–water partition coefficient (Wildman–Crippen LogP) is 4.26. The molecule has 1 N–H and O–H groups in total. The maximum Gasteiger partial charge on any atom is 0.258 e. The Morgan fingerprint density at radius 2 is 1.75 bits per heavy atom. The monoisotopic (exact) mass is 461 g/mol. The van der Waals surface area contributed by atoms with Crippen molar-refractivity contribution in [1.29, 1.82) is 0 Å². The standard InChI is InChI=1S/C21H20BrNO4S/c1-14(15-7-10-17(11-8-15)28(2,25)26)23-20(24)13-27-19-12-9-16-5-3-4-6-18(16)21(19)22/h3-12,14H,13H2,1-2H3,(H,23,24)/t14-/m0/s1. The molecule has 0 fully saturated rings. The number of benzene rings is 3. The molecule has 0 saturated heterocycles. The van der Waals surface area contributed by atoms with Crippen LogP contribution in [0.3, 0.4) is 0 Å². The lowest BCUT2D eigenvalue weighted by molar-refractivity contribution is -0.123. The van der Waals surface area contributed by atoms with Gasteiger partial charge in [-0.25, -0.2) is 8.42 Å². The van der Waals surface area contributed by atoms with Crippen LogP contribution in [0.1, 0.15) is 18.5 Å². The Morgan fingerprint density at radius 1 is 1.07 bits per heavy atom. The van der Waals surface area contributed by atoms with Gasteiger partial charge in [0.1, 0.15) is 5.75 Å². The minimum Gasteiger partial charge on any atom is -0.483 e. The van der Waals surface area contributed by atoms with E-state index < -0.39 is 9.84 Å². The molecule has 1 amide bonds. The summed E-state index contributed by atoms with van der Waals surface area (Å²) >= 11 is 3.54. The molecule has 7 heteroatoms. The average molecular weight is 462 g/mol. The molecule has 28 heavy (non-hydrogen) atoms. The van der Waals surface area contributed by atoms with Crippen LogP contribution in [0.2, 0.25) is 0 Å². The van der Waals surface area contributed by atoms with Crippen molar-refractivity contribution in [2.24, 2.45) is 0 Å². The van der Waals surface area contributed by atoms with E-state index in [1.807, 2.05) is 43.3 Å². The lowest BCUT2D eigenvalue weighted by Crippen LogP contribution is -2.31.